The Kier molecular flexibility index (Phi) is 1.52. The molecule has 4 heteroatoms. The van der Waals surface area contributed by atoms with Crippen molar-refractivity contribution in [2.75, 3.05) is 0 Å². The fourth-order valence-corrected chi connectivity index (χ4v) is 1.72. The third-order valence-electron chi connectivity index (χ3n) is 2.49. The lowest BCUT2D eigenvalue weighted by Crippen LogP contribution is -2.31. The highest BCUT2D eigenvalue weighted by Crippen LogP contribution is 2.41. The molecule has 1 aromatic heterocycles. The zero-order chi connectivity index (χ0) is 7.90. The highest BCUT2D eigenvalue weighted by molar-refractivity contribution is 9.10. The summed E-state index contributed by atoms with van der Waals surface area (Å²) in [5.41, 5.74) is 0.277. The van der Waals surface area contributed by atoms with Gasteiger partial charge in [0.2, 0.25) is 4.73 Å². The molecule has 1 heterocycles. The van der Waals surface area contributed by atoms with E-state index in [2.05, 4.69) is 38.0 Å². The molecule has 0 radical (unpaired) electrons. The summed E-state index contributed by atoms with van der Waals surface area (Å²) in [4.78, 5) is 4.25. The van der Waals surface area contributed by atoms with Crippen LogP contribution in [0.3, 0.4) is 0 Å². The van der Waals surface area contributed by atoms with E-state index in [0.717, 1.165) is 5.82 Å². The molecule has 2 rings (SSSR count). The van der Waals surface area contributed by atoms with Crippen molar-refractivity contribution in [3.05, 3.63) is 10.6 Å². The quantitative estimate of drug-likeness (QED) is 0.780. The van der Waals surface area contributed by atoms with Gasteiger partial charge in [-0.15, -0.1) is 5.10 Å². The van der Waals surface area contributed by atoms with Crippen molar-refractivity contribution < 1.29 is 0 Å². The minimum atomic E-state index is 0.277. The lowest BCUT2D eigenvalue weighted by Gasteiger charge is -2.35. The first-order valence-corrected chi connectivity index (χ1v) is 4.58. The normalized spacial score (nSPS) is 21.3. The number of hydrogen-bond acceptors (Lipinski definition) is 2. The van der Waals surface area contributed by atoms with E-state index in [1.165, 1.54) is 19.3 Å². The summed E-state index contributed by atoms with van der Waals surface area (Å²) >= 11 is 3.22. The number of hydrogen-bond donors (Lipinski definition) is 1. The summed E-state index contributed by atoms with van der Waals surface area (Å²) in [6.07, 6.45) is 3.78. The molecule has 60 valence electrons. The van der Waals surface area contributed by atoms with Crippen molar-refractivity contribution in [1.29, 1.82) is 0 Å². The maximum absolute atomic E-state index is 4.25. The Balaban J connectivity index is 2.28. The van der Waals surface area contributed by atoms with Crippen molar-refractivity contribution in [2.24, 2.45) is 0 Å². The van der Waals surface area contributed by atoms with Crippen LogP contribution in [0.5, 0.6) is 0 Å². The maximum Gasteiger partial charge on any atom is 0.217 e. The molecule has 0 spiro atoms. The molecule has 1 aliphatic rings. The highest BCUT2D eigenvalue weighted by Gasteiger charge is 2.36. The van der Waals surface area contributed by atoms with Gasteiger partial charge in [-0.1, -0.05) is 13.3 Å². The molecule has 1 aromatic rings. The van der Waals surface area contributed by atoms with Gasteiger partial charge in [0.05, 0.1) is 0 Å². The van der Waals surface area contributed by atoms with Crippen molar-refractivity contribution in [3.8, 4) is 0 Å². The highest BCUT2D eigenvalue weighted by atomic mass is 79.9. The molecule has 0 saturated heterocycles. The van der Waals surface area contributed by atoms with Crippen molar-refractivity contribution >= 4 is 15.9 Å². The molecule has 0 amide bonds. The average molecular weight is 216 g/mol. The predicted octanol–water partition coefficient (Wildman–Crippen LogP) is 2.01. The van der Waals surface area contributed by atoms with Crippen LogP contribution >= 0.6 is 15.9 Å². The van der Waals surface area contributed by atoms with Gasteiger partial charge in [-0.2, -0.15) is 0 Å². The molecule has 0 atom stereocenters. The smallest absolute Gasteiger partial charge is 0.217 e. The van der Waals surface area contributed by atoms with Gasteiger partial charge in [0.15, 0.2) is 0 Å². The first-order valence-electron chi connectivity index (χ1n) is 3.79. The van der Waals surface area contributed by atoms with Gasteiger partial charge in [0.25, 0.3) is 0 Å². The van der Waals surface area contributed by atoms with Gasteiger partial charge in [0, 0.05) is 5.41 Å². The summed E-state index contributed by atoms with van der Waals surface area (Å²) in [7, 11) is 0. The summed E-state index contributed by atoms with van der Waals surface area (Å²) in [6.45, 7) is 2.23. The average Bonchev–Trinajstić information content (AvgIpc) is 2.31. The Bertz CT molecular complexity index is 264. The van der Waals surface area contributed by atoms with E-state index in [1.54, 1.807) is 0 Å². The lowest BCUT2D eigenvalue weighted by atomic mass is 9.70. The Morgan fingerprint density at radius 3 is 2.64 bits per heavy atom. The Morgan fingerprint density at radius 1 is 1.55 bits per heavy atom. The summed E-state index contributed by atoms with van der Waals surface area (Å²) in [5.74, 6) is 1.02. The fraction of sp³-hybridized carbons (Fsp3) is 0.714. The van der Waals surface area contributed by atoms with E-state index in [-0.39, 0.29) is 5.41 Å². The largest absolute Gasteiger partial charge is 0.262 e. The van der Waals surface area contributed by atoms with E-state index in [1.807, 2.05) is 0 Å². The molecule has 0 unspecified atom stereocenters. The molecule has 3 nitrogen and oxygen atoms in total. The number of aromatic amines is 1. The van der Waals surface area contributed by atoms with Crippen LogP contribution in [-0.2, 0) is 5.41 Å². The topological polar surface area (TPSA) is 41.6 Å². The summed E-state index contributed by atoms with van der Waals surface area (Å²) < 4.78 is 0.667. The molecule has 1 N–H and O–H groups in total. The van der Waals surface area contributed by atoms with E-state index in [9.17, 15) is 0 Å². The number of nitrogens with one attached hydrogen (secondary N) is 1. The fourth-order valence-electron chi connectivity index (χ4n) is 1.46. The van der Waals surface area contributed by atoms with Crippen LogP contribution < -0.4 is 0 Å². The number of H-pyrrole nitrogens is 1. The summed E-state index contributed by atoms with van der Waals surface area (Å²) in [5, 5.41) is 6.89. The van der Waals surface area contributed by atoms with Crippen LogP contribution in [0.25, 0.3) is 0 Å². The standard InChI is InChI=1S/C7H10BrN3/c1-7(3-2-4-7)5-9-6(8)11-10-5/h2-4H2,1H3,(H,9,10,11). The van der Waals surface area contributed by atoms with Crippen LogP contribution in [0, 0.1) is 0 Å². The Hall–Kier alpha value is -0.380. The monoisotopic (exact) mass is 215 g/mol. The van der Waals surface area contributed by atoms with Crippen molar-refractivity contribution in [1.82, 2.24) is 15.2 Å². The van der Waals surface area contributed by atoms with Crippen LogP contribution in [0.1, 0.15) is 32.0 Å². The zero-order valence-corrected chi connectivity index (χ0v) is 7.98. The molecular formula is C7H10BrN3. The maximum atomic E-state index is 4.25. The number of nitrogens with zero attached hydrogens (tertiary/aromatic N) is 2. The van der Waals surface area contributed by atoms with Gasteiger partial charge in [-0.25, -0.2) is 4.98 Å². The Labute approximate surface area is 73.7 Å². The van der Waals surface area contributed by atoms with E-state index >= 15 is 0 Å². The van der Waals surface area contributed by atoms with Crippen LogP contribution in [-0.4, -0.2) is 15.2 Å². The first-order chi connectivity index (χ1) is 5.21. The molecule has 0 aliphatic heterocycles. The lowest BCUT2D eigenvalue weighted by molar-refractivity contribution is 0.257. The predicted molar refractivity (Wildman–Crippen MR) is 45.3 cm³/mol. The molecule has 1 aliphatic carbocycles. The third kappa shape index (κ3) is 1.09. The van der Waals surface area contributed by atoms with Gasteiger partial charge >= 0.3 is 0 Å². The van der Waals surface area contributed by atoms with Crippen LogP contribution in [0.15, 0.2) is 4.73 Å². The SMILES string of the molecule is CC1(c2nc(Br)n[nH]2)CCC1. The molecular weight excluding hydrogens is 206 g/mol. The summed E-state index contributed by atoms with van der Waals surface area (Å²) in [6, 6.07) is 0. The van der Waals surface area contributed by atoms with E-state index in [4.69, 9.17) is 0 Å². The van der Waals surface area contributed by atoms with Gasteiger partial charge < -0.3 is 0 Å². The van der Waals surface area contributed by atoms with Crippen LogP contribution in [0.4, 0.5) is 0 Å². The molecule has 1 saturated carbocycles. The first kappa shape index (κ1) is 7.28. The molecule has 0 bridgehead atoms. The van der Waals surface area contributed by atoms with Crippen molar-refractivity contribution in [2.45, 2.75) is 31.6 Å². The molecule has 0 aromatic carbocycles. The second-order valence-electron chi connectivity index (χ2n) is 3.37. The van der Waals surface area contributed by atoms with Crippen molar-refractivity contribution in [3.63, 3.8) is 0 Å². The molecule has 11 heavy (non-hydrogen) atoms. The van der Waals surface area contributed by atoms with E-state index in [0.29, 0.717) is 4.73 Å². The van der Waals surface area contributed by atoms with Crippen LogP contribution in [0.2, 0.25) is 0 Å². The third-order valence-corrected chi connectivity index (χ3v) is 2.84. The van der Waals surface area contributed by atoms with E-state index < -0.39 is 0 Å². The zero-order valence-electron chi connectivity index (χ0n) is 6.39. The second-order valence-corrected chi connectivity index (χ2v) is 4.08. The van der Waals surface area contributed by atoms with Gasteiger partial charge in [0.1, 0.15) is 5.82 Å². The number of aromatic nitrogens is 3. The Morgan fingerprint density at radius 2 is 2.27 bits per heavy atom. The minimum Gasteiger partial charge on any atom is -0.262 e. The van der Waals surface area contributed by atoms with Gasteiger partial charge in [-0.3, -0.25) is 5.10 Å². The minimum absolute atomic E-state index is 0.277. The second kappa shape index (κ2) is 2.30. The number of halogens is 1. The number of rotatable bonds is 1. The molecule has 1 fully saturated rings. The van der Waals surface area contributed by atoms with Gasteiger partial charge in [-0.05, 0) is 28.8 Å².